The van der Waals surface area contributed by atoms with Crippen LogP contribution in [0, 0.1) is 0 Å². The maximum absolute atomic E-state index is 12.6. The van der Waals surface area contributed by atoms with E-state index >= 15 is 0 Å². The number of anilines is 2. The highest BCUT2D eigenvalue weighted by atomic mass is 16.5. The molecule has 0 spiro atoms. The molecule has 0 fully saturated rings. The third-order valence-corrected chi connectivity index (χ3v) is 4.28. The molecule has 0 radical (unpaired) electrons. The minimum absolute atomic E-state index is 0.00378. The molecule has 23 heavy (non-hydrogen) atoms. The number of nitrogen functional groups attached to an aromatic ring is 1. The molecule has 1 aromatic rings. The molecule has 1 unspecified atom stereocenters. The van der Waals surface area contributed by atoms with Crippen LogP contribution >= 0.6 is 0 Å². The molecule has 2 N–H and O–H groups in total. The van der Waals surface area contributed by atoms with E-state index in [0.717, 1.165) is 12.8 Å². The molecule has 5 nitrogen and oxygen atoms in total. The van der Waals surface area contributed by atoms with Gasteiger partial charge in [0.25, 0.3) is 5.91 Å². The number of carbonyl (C=O) groups excluding carboxylic acids is 1. The van der Waals surface area contributed by atoms with Crippen LogP contribution in [0.15, 0.2) is 12.1 Å². The standard InChI is InChI=1S/C18H29N3O2/c1-3-5-6-7-8-9-10-13-21-17-15(11-12-16(19)20-17)23-14(4-2)18(21)22/h11-12,14H,3-10,13H2,1-2H3,(H2,19,20). The largest absolute Gasteiger partial charge is 0.477 e. The summed E-state index contributed by atoms with van der Waals surface area (Å²) >= 11 is 0. The lowest BCUT2D eigenvalue weighted by Crippen LogP contribution is -2.46. The molecule has 128 valence electrons. The third-order valence-electron chi connectivity index (χ3n) is 4.28. The number of hydrogen-bond donors (Lipinski definition) is 1. The van der Waals surface area contributed by atoms with Crippen LogP contribution in [0.1, 0.15) is 65.2 Å². The fraction of sp³-hybridized carbons (Fsp3) is 0.667. The molecule has 0 aliphatic carbocycles. The molecule has 1 amide bonds. The number of hydrogen-bond acceptors (Lipinski definition) is 4. The number of pyridine rings is 1. The molecular weight excluding hydrogens is 290 g/mol. The normalized spacial score (nSPS) is 17.0. The monoisotopic (exact) mass is 319 g/mol. The summed E-state index contributed by atoms with van der Waals surface area (Å²) < 4.78 is 5.74. The lowest BCUT2D eigenvalue weighted by molar-refractivity contribution is -0.126. The summed E-state index contributed by atoms with van der Waals surface area (Å²) in [6.45, 7) is 4.88. The van der Waals surface area contributed by atoms with Crippen molar-refractivity contribution in [2.45, 2.75) is 71.3 Å². The van der Waals surface area contributed by atoms with E-state index in [0.29, 0.717) is 30.4 Å². The van der Waals surface area contributed by atoms with Gasteiger partial charge in [-0.25, -0.2) is 4.98 Å². The van der Waals surface area contributed by atoms with Gasteiger partial charge in [0, 0.05) is 6.54 Å². The number of nitrogens with two attached hydrogens (primary N) is 1. The van der Waals surface area contributed by atoms with Crippen LogP contribution in [0.5, 0.6) is 5.75 Å². The molecular formula is C18H29N3O2. The van der Waals surface area contributed by atoms with Crippen LogP contribution in [-0.2, 0) is 4.79 Å². The average Bonchev–Trinajstić information content (AvgIpc) is 2.55. The predicted molar refractivity (Wildman–Crippen MR) is 93.7 cm³/mol. The van der Waals surface area contributed by atoms with Crippen molar-refractivity contribution >= 4 is 17.5 Å². The SMILES string of the molecule is CCCCCCCCCN1C(=O)C(CC)Oc2ccc(N)nc21. The van der Waals surface area contributed by atoms with Gasteiger partial charge in [-0.15, -0.1) is 0 Å². The molecule has 0 bridgehead atoms. The van der Waals surface area contributed by atoms with Crippen molar-refractivity contribution in [3.8, 4) is 5.75 Å². The molecule has 1 aliphatic rings. The lowest BCUT2D eigenvalue weighted by Gasteiger charge is -2.33. The van der Waals surface area contributed by atoms with Gasteiger partial charge in [0.2, 0.25) is 0 Å². The van der Waals surface area contributed by atoms with E-state index in [1.54, 1.807) is 11.0 Å². The summed E-state index contributed by atoms with van der Waals surface area (Å²) in [6.07, 6.45) is 8.80. The third kappa shape index (κ3) is 4.60. The minimum atomic E-state index is -0.405. The van der Waals surface area contributed by atoms with E-state index in [2.05, 4.69) is 11.9 Å². The summed E-state index contributed by atoms with van der Waals surface area (Å²) in [4.78, 5) is 18.6. The van der Waals surface area contributed by atoms with Crippen molar-refractivity contribution in [3.05, 3.63) is 12.1 Å². The Morgan fingerprint density at radius 2 is 1.83 bits per heavy atom. The van der Waals surface area contributed by atoms with Crippen molar-refractivity contribution in [1.82, 2.24) is 4.98 Å². The average molecular weight is 319 g/mol. The van der Waals surface area contributed by atoms with Gasteiger partial charge in [-0.2, -0.15) is 0 Å². The molecule has 0 aromatic carbocycles. The quantitative estimate of drug-likeness (QED) is 0.700. The lowest BCUT2D eigenvalue weighted by atomic mass is 10.1. The van der Waals surface area contributed by atoms with Gasteiger partial charge in [-0.1, -0.05) is 52.4 Å². The molecule has 1 aliphatic heterocycles. The number of unbranched alkanes of at least 4 members (excludes halogenated alkanes) is 6. The molecule has 2 heterocycles. The van der Waals surface area contributed by atoms with Gasteiger partial charge in [0.15, 0.2) is 17.7 Å². The number of ether oxygens (including phenoxy) is 1. The predicted octanol–water partition coefficient (Wildman–Crippen LogP) is 3.92. The zero-order chi connectivity index (χ0) is 16.7. The first-order valence-corrected chi connectivity index (χ1v) is 8.92. The first-order chi connectivity index (χ1) is 11.2. The van der Waals surface area contributed by atoms with Crippen LogP contribution in [0.25, 0.3) is 0 Å². The first kappa shape index (κ1) is 17.6. The van der Waals surface area contributed by atoms with E-state index in [1.807, 2.05) is 13.0 Å². The topological polar surface area (TPSA) is 68.5 Å². The van der Waals surface area contributed by atoms with Crippen LogP contribution in [0.3, 0.4) is 0 Å². The van der Waals surface area contributed by atoms with Gasteiger partial charge in [0.05, 0.1) is 0 Å². The molecule has 1 aromatic heterocycles. The Kier molecular flexibility index (Phi) is 6.68. The van der Waals surface area contributed by atoms with E-state index in [1.165, 1.54) is 32.1 Å². The second-order valence-corrected chi connectivity index (χ2v) is 6.18. The second-order valence-electron chi connectivity index (χ2n) is 6.18. The fourth-order valence-corrected chi connectivity index (χ4v) is 2.92. The molecule has 0 saturated carbocycles. The highest BCUT2D eigenvalue weighted by molar-refractivity contribution is 5.99. The summed E-state index contributed by atoms with van der Waals surface area (Å²) in [5.74, 6) is 1.66. The number of carbonyl (C=O) groups is 1. The van der Waals surface area contributed by atoms with Crippen molar-refractivity contribution < 1.29 is 9.53 Å². The maximum atomic E-state index is 12.6. The second kappa shape index (κ2) is 8.75. The number of amides is 1. The van der Waals surface area contributed by atoms with E-state index < -0.39 is 6.10 Å². The van der Waals surface area contributed by atoms with Crippen LogP contribution in [0.2, 0.25) is 0 Å². The first-order valence-electron chi connectivity index (χ1n) is 8.92. The van der Waals surface area contributed by atoms with Gasteiger partial charge in [0.1, 0.15) is 5.82 Å². The van der Waals surface area contributed by atoms with Crippen molar-refractivity contribution in [2.24, 2.45) is 0 Å². The van der Waals surface area contributed by atoms with Gasteiger partial charge in [-0.3, -0.25) is 9.69 Å². The van der Waals surface area contributed by atoms with Crippen LogP contribution in [-0.4, -0.2) is 23.5 Å². The summed E-state index contributed by atoms with van der Waals surface area (Å²) in [7, 11) is 0. The van der Waals surface area contributed by atoms with Gasteiger partial charge in [-0.05, 0) is 25.0 Å². The summed E-state index contributed by atoms with van der Waals surface area (Å²) in [5.41, 5.74) is 5.77. The minimum Gasteiger partial charge on any atom is -0.477 e. The molecule has 2 rings (SSSR count). The number of nitrogens with zero attached hydrogens (tertiary/aromatic N) is 2. The fourth-order valence-electron chi connectivity index (χ4n) is 2.92. The summed E-state index contributed by atoms with van der Waals surface area (Å²) in [6, 6.07) is 3.53. The zero-order valence-electron chi connectivity index (χ0n) is 14.4. The highest BCUT2D eigenvalue weighted by Crippen LogP contribution is 2.33. The Hall–Kier alpha value is -1.78. The Bertz CT molecular complexity index is 519. The highest BCUT2D eigenvalue weighted by Gasteiger charge is 2.34. The Morgan fingerprint density at radius 3 is 2.52 bits per heavy atom. The number of fused-ring (bicyclic) bond motifs is 1. The Morgan fingerprint density at radius 1 is 1.13 bits per heavy atom. The van der Waals surface area contributed by atoms with E-state index in [4.69, 9.17) is 10.5 Å². The molecule has 5 heteroatoms. The van der Waals surface area contributed by atoms with Gasteiger partial charge >= 0.3 is 0 Å². The Balaban J connectivity index is 1.93. The Labute approximate surface area is 139 Å². The summed E-state index contributed by atoms with van der Waals surface area (Å²) in [5, 5.41) is 0. The molecule has 0 saturated heterocycles. The van der Waals surface area contributed by atoms with Gasteiger partial charge < -0.3 is 10.5 Å². The number of aromatic nitrogens is 1. The zero-order valence-corrected chi connectivity index (χ0v) is 14.4. The van der Waals surface area contributed by atoms with Crippen LogP contribution in [0.4, 0.5) is 11.6 Å². The smallest absolute Gasteiger partial charge is 0.269 e. The van der Waals surface area contributed by atoms with Crippen molar-refractivity contribution in [1.29, 1.82) is 0 Å². The van der Waals surface area contributed by atoms with Crippen LogP contribution < -0.4 is 15.4 Å². The van der Waals surface area contributed by atoms with Crippen molar-refractivity contribution in [2.75, 3.05) is 17.2 Å². The van der Waals surface area contributed by atoms with E-state index in [-0.39, 0.29) is 5.91 Å². The van der Waals surface area contributed by atoms with Crippen molar-refractivity contribution in [3.63, 3.8) is 0 Å². The van der Waals surface area contributed by atoms with E-state index in [9.17, 15) is 4.79 Å². The molecule has 1 atom stereocenters. The maximum Gasteiger partial charge on any atom is 0.269 e. The number of rotatable bonds is 9.